The Morgan fingerprint density at radius 1 is 0.938 bits per heavy atom. The summed E-state index contributed by atoms with van der Waals surface area (Å²) in [6.07, 6.45) is 7.95. The molecular weight excluding hydrogens is 200 g/mol. The van der Waals surface area contributed by atoms with Crippen LogP contribution in [0.3, 0.4) is 0 Å². The zero-order valence-corrected chi connectivity index (χ0v) is 10.2. The van der Waals surface area contributed by atoms with Gasteiger partial charge >= 0.3 is 0 Å². The van der Waals surface area contributed by atoms with Gasteiger partial charge in [-0.15, -0.1) is 0 Å². The van der Waals surface area contributed by atoms with Crippen molar-refractivity contribution in [1.82, 2.24) is 10.2 Å². The first-order valence-corrected chi connectivity index (χ1v) is 7.01. The van der Waals surface area contributed by atoms with E-state index in [-0.39, 0.29) is 0 Å². The van der Waals surface area contributed by atoms with E-state index in [1.807, 2.05) is 0 Å². The molecule has 3 unspecified atom stereocenters. The highest BCUT2D eigenvalue weighted by molar-refractivity contribution is 4.96. The maximum absolute atomic E-state index is 5.53. The predicted octanol–water partition coefficient (Wildman–Crippen LogP) is 1.38. The first-order valence-electron chi connectivity index (χ1n) is 7.01. The molecular formula is C13H24N2O. The molecule has 0 aromatic carbocycles. The Kier molecular flexibility index (Phi) is 3.46. The van der Waals surface area contributed by atoms with Crippen LogP contribution in [0.1, 0.15) is 38.5 Å². The van der Waals surface area contributed by atoms with Crippen molar-refractivity contribution >= 4 is 0 Å². The number of nitrogens with zero attached hydrogens (tertiary/aromatic N) is 1. The van der Waals surface area contributed by atoms with Gasteiger partial charge in [0.15, 0.2) is 0 Å². The normalized spacial score (nSPS) is 40.9. The lowest BCUT2D eigenvalue weighted by atomic mass is 10.0. The van der Waals surface area contributed by atoms with Crippen LogP contribution in [0.2, 0.25) is 0 Å². The van der Waals surface area contributed by atoms with Gasteiger partial charge in [0.1, 0.15) is 0 Å². The molecule has 3 aliphatic rings. The van der Waals surface area contributed by atoms with Gasteiger partial charge in [0.25, 0.3) is 0 Å². The summed E-state index contributed by atoms with van der Waals surface area (Å²) in [5, 5.41) is 3.91. The second-order valence-electron chi connectivity index (χ2n) is 5.55. The molecule has 3 heterocycles. The van der Waals surface area contributed by atoms with Crippen molar-refractivity contribution in [3.63, 3.8) is 0 Å². The maximum atomic E-state index is 5.53. The third-order valence-electron chi connectivity index (χ3n) is 4.51. The highest BCUT2D eigenvalue weighted by Gasteiger charge is 2.37. The first kappa shape index (κ1) is 11.0. The van der Waals surface area contributed by atoms with Gasteiger partial charge in [-0.25, -0.2) is 0 Å². The molecule has 3 aliphatic heterocycles. The number of fused-ring (bicyclic) bond motifs is 1. The minimum absolute atomic E-state index is 0.716. The average molecular weight is 224 g/mol. The summed E-state index contributed by atoms with van der Waals surface area (Å²) < 4.78 is 5.53. The Labute approximate surface area is 98.5 Å². The van der Waals surface area contributed by atoms with Gasteiger partial charge < -0.3 is 10.1 Å². The Balaban J connectivity index is 1.53. The van der Waals surface area contributed by atoms with Crippen LogP contribution in [-0.4, -0.2) is 49.3 Å². The molecule has 0 bridgehead atoms. The first-order chi connectivity index (χ1) is 7.93. The average Bonchev–Trinajstić information content (AvgIpc) is 2.78. The topological polar surface area (TPSA) is 24.5 Å². The fraction of sp³-hybridized carbons (Fsp3) is 1.00. The fourth-order valence-electron chi connectivity index (χ4n) is 3.65. The summed E-state index contributed by atoms with van der Waals surface area (Å²) in [5.74, 6) is 0. The zero-order chi connectivity index (χ0) is 10.8. The molecule has 0 aromatic heterocycles. The number of nitrogens with one attached hydrogen (secondary N) is 1. The molecule has 92 valence electrons. The summed E-state index contributed by atoms with van der Waals surface area (Å²) in [4.78, 5) is 2.69. The van der Waals surface area contributed by atoms with Crippen LogP contribution >= 0.6 is 0 Å². The number of rotatable bonds is 2. The Morgan fingerprint density at radius 2 is 1.94 bits per heavy atom. The molecule has 0 amide bonds. The minimum Gasteiger partial charge on any atom is -0.381 e. The standard InChI is InChI=1S/C13H24N2O/c1-4-13-12(5-8-15(13)7-1)14-11-3-2-9-16-10-6-11/h11-14H,1-10H2. The second-order valence-corrected chi connectivity index (χ2v) is 5.55. The quantitative estimate of drug-likeness (QED) is 0.767. The molecule has 1 N–H and O–H groups in total. The highest BCUT2D eigenvalue weighted by Crippen LogP contribution is 2.28. The molecule has 3 atom stereocenters. The van der Waals surface area contributed by atoms with E-state index in [0.717, 1.165) is 25.3 Å². The van der Waals surface area contributed by atoms with E-state index in [9.17, 15) is 0 Å². The third-order valence-corrected chi connectivity index (χ3v) is 4.51. The lowest BCUT2D eigenvalue weighted by molar-refractivity contribution is 0.142. The van der Waals surface area contributed by atoms with Gasteiger partial charge in [0.05, 0.1) is 0 Å². The summed E-state index contributed by atoms with van der Waals surface area (Å²) in [6, 6.07) is 2.34. The van der Waals surface area contributed by atoms with E-state index >= 15 is 0 Å². The predicted molar refractivity (Wildman–Crippen MR) is 64.6 cm³/mol. The summed E-state index contributed by atoms with van der Waals surface area (Å²) in [7, 11) is 0. The SMILES string of the molecule is C1COCCC(NC2CCN3CCCC23)C1. The van der Waals surface area contributed by atoms with Crippen LogP contribution in [0.25, 0.3) is 0 Å². The minimum atomic E-state index is 0.716. The van der Waals surface area contributed by atoms with Crippen LogP contribution in [0.15, 0.2) is 0 Å². The summed E-state index contributed by atoms with van der Waals surface area (Å²) in [6.45, 7) is 4.60. The van der Waals surface area contributed by atoms with Crippen LogP contribution in [0.5, 0.6) is 0 Å². The van der Waals surface area contributed by atoms with E-state index in [1.54, 1.807) is 0 Å². The molecule has 0 aliphatic carbocycles. The van der Waals surface area contributed by atoms with E-state index in [1.165, 1.54) is 51.6 Å². The van der Waals surface area contributed by atoms with Crippen LogP contribution in [0.4, 0.5) is 0 Å². The molecule has 3 saturated heterocycles. The molecule has 0 saturated carbocycles. The second kappa shape index (κ2) is 5.03. The molecule has 0 aromatic rings. The smallest absolute Gasteiger partial charge is 0.0480 e. The van der Waals surface area contributed by atoms with Gasteiger partial charge in [-0.2, -0.15) is 0 Å². The van der Waals surface area contributed by atoms with Crippen molar-refractivity contribution in [2.75, 3.05) is 26.3 Å². The van der Waals surface area contributed by atoms with Crippen molar-refractivity contribution in [2.24, 2.45) is 0 Å². The molecule has 3 fully saturated rings. The van der Waals surface area contributed by atoms with Crippen molar-refractivity contribution in [1.29, 1.82) is 0 Å². The number of hydrogen-bond acceptors (Lipinski definition) is 3. The Bertz CT molecular complexity index is 226. The van der Waals surface area contributed by atoms with Crippen LogP contribution < -0.4 is 5.32 Å². The third kappa shape index (κ3) is 2.27. The summed E-state index contributed by atoms with van der Waals surface area (Å²) in [5.41, 5.74) is 0. The van der Waals surface area contributed by atoms with Crippen molar-refractivity contribution in [3.8, 4) is 0 Å². The fourth-order valence-corrected chi connectivity index (χ4v) is 3.65. The summed E-state index contributed by atoms with van der Waals surface area (Å²) >= 11 is 0. The van der Waals surface area contributed by atoms with E-state index < -0.39 is 0 Å². The Morgan fingerprint density at radius 3 is 2.94 bits per heavy atom. The Hall–Kier alpha value is -0.120. The molecule has 16 heavy (non-hydrogen) atoms. The highest BCUT2D eigenvalue weighted by atomic mass is 16.5. The van der Waals surface area contributed by atoms with Crippen LogP contribution in [-0.2, 0) is 4.74 Å². The van der Waals surface area contributed by atoms with E-state index in [2.05, 4.69) is 10.2 Å². The molecule has 3 heteroatoms. The van der Waals surface area contributed by atoms with E-state index in [0.29, 0.717) is 6.04 Å². The van der Waals surface area contributed by atoms with Gasteiger partial charge in [-0.3, -0.25) is 4.90 Å². The molecule has 0 radical (unpaired) electrons. The monoisotopic (exact) mass is 224 g/mol. The lowest BCUT2D eigenvalue weighted by Crippen LogP contribution is -2.44. The molecule has 3 nitrogen and oxygen atoms in total. The molecule has 3 rings (SSSR count). The van der Waals surface area contributed by atoms with Crippen molar-refractivity contribution in [3.05, 3.63) is 0 Å². The van der Waals surface area contributed by atoms with Crippen molar-refractivity contribution in [2.45, 2.75) is 56.7 Å². The number of hydrogen-bond donors (Lipinski definition) is 1. The van der Waals surface area contributed by atoms with Crippen molar-refractivity contribution < 1.29 is 4.74 Å². The number of ether oxygens (including phenoxy) is 1. The van der Waals surface area contributed by atoms with Gasteiger partial charge in [-0.05, 0) is 45.1 Å². The van der Waals surface area contributed by atoms with Crippen LogP contribution in [0, 0.1) is 0 Å². The van der Waals surface area contributed by atoms with Gasteiger partial charge in [0, 0.05) is 37.9 Å². The van der Waals surface area contributed by atoms with E-state index in [4.69, 9.17) is 4.74 Å². The maximum Gasteiger partial charge on any atom is 0.0480 e. The zero-order valence-electron chi connectivity index (χ0n) is 10.2. The molecule has 0 spiro atoms. The lowest BCUT2D eigenvalue weighted by Gasteiger charge is -2.26. The van der Waals surface area contributed by atoms with Gasteiger partial charge in [-0.1, -0.05) is 0 Å². The largest absolute Gasteiger partial charge is 0.381 e. The van der Waals surface area contributed by atoms with Gasteiger partial charge in [0.2, 0.25) is 0 Å².